The molecular formula is C20H19NO4. The Kier molecular flexibility index (Phi) is 4.57. The molecule has 1 heterocycles. The van der Waals surface area contributed by atoms with E-state index >= 15 is 0 Å². The van der Waals surface area contributed by atoms with E-state index < -0.39 is 11.7 Å². The Bertz CT molecular complexity index is 990. The summed E-state index contributed by atoms with van der Waals surface area (Å²) in [6, 6.07) is 14.2. The smallest absolute Gasteiger partial charge is 0.336 e. The molecule has 0 radical (unpaired) electrons. The molecule has 0 saturated carbocycles. The van der Waals surface area contributed by atoms with Crippen LogP contribution in [-0.2, 0) is 4.79 Å². The van der Waals surface area contributed by atoms with Crippen molar-refractivity contribution in [3.05, 3.63) is 70.1 Å². The van der Waals surface area contributed by atoms with E-state index in [0.717, 1.165) is 22.2 Å². The monoisotopic (exact) mass is 337 g/mol. The molecule has 3 aromatic rings. The largest absolute Gasteiger partial charge is 0.481 e. The van der Waals surface area contributed by atoms with Crippen molar-refractivity contribution in [2.45, 2.75) is 26.9 Å². The van der Waals surface area contributed by atoms with Gasteiger partial charge in [0, 0.05) is 23.2 Å². The summed E-state index contributed by atoms with van der Waals surface area (Å²) in [5.41, 5.74) is 2.65. The number of hydrogen-bond donors (Lipinski definition) is 1. The molecule has 128 valence electrons. The van der Waals surface area contributed by atoms with Crippen molar-refractivity contribution >= 4 is 22.6 Å². The first kappa shape index (κ1) is 16.8. The summed E-state index contributed by atoms with van der Waals surface area (Å²) in [4.78, 5) is 23.8. The van der Waals surface area contributed by atoms with E-state index in [0.29, 0.717) is 11.3 Å². The third-order valence-corrected chi connectivity index (χ3v) is 3.89. The molecule has 25 heavy (non-hydrogen) atoms. The van der Waals surface area contributed by atoms with Crippen LogP contribution in [0.5, 0.6) is 5.75 Å². The zero-order valence-electron chi connectivity index (χ0n) is 14.3. The number of ether oxygens (including phenoxy) is 1. The fourth-order valence-electron chi connectivity index (χ4n) is 2.60. The van der Waals surface area contributed by atoms with Gasteiger partial charge in [-0.3, -0.25) is 4.79 Å². The molecule has 0 bridgehead atoms. The highest BCUT2D eigenvalue weighted by atomic mass is 16.5. The Balaban J connectivity index is 1.76. The van der Waals surface area contributed by atoms with E-state index in [2.05, 4.69) is 5.32 Å². The lowest BCUT2D eigenvalue weighted by Crippen LogP contribution is -2.30. The molecule has 1 aromatic heterocycles. The highest BCUT2D eigenvalue weighted by Crippen LogP contribution is 2.23. The number of aryl methyl sites for hydroxylation is 2. The zero-order chi connectivity index (χ0) is 18.0. The molecule has 1 N–H and O–H groups in total. The topological polar surface area (TPSA) is 68.5 Å². The Hall–Kier alpha value is -3.08. The van der Waals surface area contributed by atoms with Gasteiger partial charge in [-0.2, -0.15) is 0 Å². The van der Waals surface area contributed by atoms with Gasteiger partial charge in [0.15, 0.2) is 6.10 Å². The van der Waals surface area contributed by atoms with Gasteiger partial charge in [-0.05, 0) is 56.2 Å². The minimum Gasteiger partial charge on any atom is -0.481 e. The predicted molar refractivity (Wildman–Crippen MR) is 97.1 cm³/mol. The number of amides is 1. The summed E-state index contributed by atoms with van der Waals surface area (Å²) in [7, 11) is 0. The number of rotatable bonds is 4. The van der Waals surface area contributed by atoms with Crippen molar-refractivity contribution < 1.29 is 13.9 Å². The van der Waals surface area contributed by atoms with Crippen LogP contribution in [-0.4, -0.2) is 12.0 Å². The van der Waals surface area contributed by atoms with E-state index in [9.17, 15) is 9.59 Å². The Morgan fingerprint density at radius 1 is 1.12 bits per heavy atom. The Morgan fingerprint density at radius 2 is 1.92 bits per heavy atom. The van der Waals surface area contributed by atoms with Crippen LogP contribution in [0.1, 0.15) is 18.1 Å². The fourth-order valence-corrected chi connectivity index (χ4v) is 2.60. The first-order valence-electron chi connectivity index (χ1n) is 8.01. The van der Waals surface area contributed by atoms with E-state index in [1.54, 1.807) is 19.1 Å². The molecule has 0 aliphatic heterocycles. The standard InChI is InChI=1S/C20H19NO4/c1-12-5-4-6-15(9-12)21-20(23)14(3)24-16-7-8-17-13(2)10-19(22)25-18(17)11-16/h4-11,14H,1-3H3,(H,21,23)/t14-/m0/s1. The lowest BCUT2D eigenvalue weighted by molar-refractivity contribution is -0.122. The number of fused-ring (bicyclic) bond motifs is 1. The maximum absolute atomic E-state index is 12.3. The molecule has 0 unspecified atom stereocenters. The molecule has 5 nitrogen and oxygen atoms in total. The Morgan fingerprint density at radius 3 is 2.68 bits per heavy atom. The molecule has 5 heteroatoms. The van der Waals surface area contributed by atoms with Crippen LogP contribution in [0.2, 0.25) is 0 Å². The van der Waals surface area contributed by atoms with Gasteiger partial charge in [0.2, 0.25) is 0 Å². The van der Waals surface area contributed by atoms with Crippen molar-refractivity contribution in [3.8, 4) is 5.75 Å². The molecule has 2 aromatic carbocycles. The third-order valence-electron chi connectivity index (χ3n) is 3.89. The van der Waals surface area contributed by atoms with Crippen LogP contribution >= 0.6 is 0 Å². The van der Waals surface area contributed by atoms with E-state index in [-0.39, 0.29) is 5.91 Å². The zero-order valence-corrected chi connectivity index (χ0v) is 14.3. The summed E-state index contributed by atoms with van der Waals surface area (Å²) < 4.78 is 10.9. The molecule has 0 spiro atoms. The number of carbonyl (C=O) groups excluding carboxylic acids is 1. The number of anilines is 1. The summed E-state index contributed by atoms with van der Waals surface area (Å²) in [6.07, 6.45) is -0.700. The highest BCUT2D eigenvalue weighted by Gasteiger charge is 2.15. The lowest BCUT2D eigenvalue weighted by atomic mass is 10.1. The van der Waals surface area contributed by atoms with Gasteiger partial charge in [-0.15, -0.1) is 0 Å². The van der Waals surface area contributed by atoms with Crippen LogP contribution in [0.4, 0.5) is 5.69 Å². The van der Waals surface area contributed by atoms with Crippen LogP contribution in [0, 0.1) is 13.8 Å². The van der Waals surface area contributed by atoms with E-state index in [4.69, 9.17) is 9.15 Å². The van der Waals surface area contributed by atoms with Crippen LogP contribution in [0.25, 0.3) is 11.0 Å². The highest BCUT2D eigenvalue weighted by molar-refractivity contribution is 5.94. The molecule has 3 rings (SSSR count). The second kappa shape index (κ2) is 6.81. The van der Waals surface area contributed by atoms with Gasteiger partial charge in [0.25, 0.3) is 5.91 Å². The summed E-state index contributed by atoms with van der Waals surface area (Å²) >= 11 is 0. The number of hydrogen-bond acceptors (Lipinski definition) is 4. The molecule has 0 fully saturated rings. The van der Waals surface area contributed by atoms with Crippen molar-refractivity contribution in [2.75, 3.05) is 5.32 Å². The maximum Gasteiger partial charge on any atom is 0.336 e. The van der Waals surface area contributed by atoms with Gasteiger partial charge in [0.1, 0.15) is 11.3 Å². The minimum atomic E-state index is -0.700. The molecule has 0 aliphatic carbocycles. The summed E-state index contributed by atoms with van der Waals surface area (Å²) in [5.74, 6) is 0.213. The van der Waals surface area contributed by atoms with Gasteiger partial charge in [-0.1, -0.05) is 12.1 Å². The fraction of sp³-hybridized carbons (Fsp3) is 0.200. The average molecular weight is 337 g/mol. The van der Waals surface area contributed by atoms with Gasteiger partial charge in [-0.25, -0.2) is 4.79 Å². The molecule has 1 amide bonds. The normalized spacial score (nSPS) is 12.0. The van der Waals surface area contributed by atoms with Gasteiger partial charge >= 0.3 is 5.63 Å². The molecule has 0 saturated heterocycles. The quantitative estimate of drug-likeness (QED) is 0.735. The van der Waals surface area contributed by atoms with Crippen LogP contribution < -0.4 is 15.7 Å². The van der Waals surface area contributed by atoms with E-state index in [1.165, 1.54) is 6.07 Å². The van der Waals surface area contributed by atoms with Crippen molar-refractivity contribution in [1.29, 1.82) is 0 Å². The number of benzene rings is 2. The summed E-state index contributed by atoms with van der Waals surface area (Å²) in [6.45, 7) is 5.47. The summed E-state index contributed by atoms with van der Waals surface area (Å²) in [5, 5.41) is 3.66. The average Bonchev–Trinajstić information content (AvgIpc) is 2.54. The predicted octanol–water partition coefficient (Wildman–Crippen LogP) is 3.82. The van der Waals surface area contributed by atoms with Crippen LogP contribution in [0.15, 0.2) is 57.7 Å². The van der Waals surface area contributed by atoms with Crippen molar-refractivity contribution in [3.63, 3.8) is 0 Å². The van der Waals surface area contributed by atoms with Crippen LogP contribution in [0.3, 0.4) is 0 Å². The molecular weight excluding hydrogens is 318 g/mol. The molecule has 1 atom stereocenters. The molecule has 0 aliphatic rings. The van der Waals surface area contributed by atoms with E-state index in [1.807, 2.05) is 44.2 Å². The number of nitrogens with one attached hydrogen (secondary N) is 1. The van der Waals surface area contributed by atoms with Gasteiger partial charge in [0.05, 0.1) is 0 Å². The van der Waals surface area contributed by atoms with Gasteiger partial charge < -0.3 is 14.5 Å². The second-order valence-electron chi connectivity index (χ2n) is 6.03. The SMILES string of the molecule is Cc1cccc(NC(=O)[C@H](C)Oc2ccc3c(C)cc(=O)oc3c2)c1. The van der Waals surface area contributed by atoms with Crippen molar-refractivity contribution in [1.82, 2.24) is 0 Å². The second-order valence-corrected chi connectivity index (χ2v) is 6.03. The number of carbonyl (C=O) groups is 1. The van der Waals surface area contributed by atoms with Crippen molar-refractivity contribution in [2.24, 2.45) is 0 Å². The first-order chi connectivity index (χ1) is 11.9. The maximum atomic E-state index is 12.3. The lowest BCUT2D eigenvalue weighted by Gasteiger charge is -2.15. The Labute approximate surface area is 145 Å². The first-order valence-corrected chi connectivity index (χ1v) is 8.01. The third kappa shape index (κ3) is 3.88. The minimum absolute atomic E-state index is 0.253.